The number of aryl methyl sites for hydroxylation is 1. The van der Waals surface area contributed by atoms with Crippen LogP contribution in [0, 0.1) is 17.7 Å². The fourth-order valence-electron chi connectivity index (χ4n) is 3.86. The van der Waals surface area contributed by atoms with Gasteiger partial charge in [0.2, 0.25) is 0 Å². The van der Waals surface area contributed by atoms with Crippen LogP contribution in [0.15, 0.2) is 12.1 Å². The number of hydrogen-bond donors (Lipinski definition) is 1. The van der Waals surface area contributed by atoms with Gasteiger partial charge >= 0.3 is 0 Å². The lowest BCUT2D eigenvalue weighted by Crippen LogP contribution is -2.42. The average molecular weight is 249 g/mol. The molecule has 0 amide bonds. The number of nitrogens with two attached hydrogens (primary N) is 1. The second kappa shape index (κ2) is 4.56. The Kier molecular flexibility index (Phi) is 3.39. The first-order valence-electron chi connectivity index (χ1n) is 6.98. The third-order valence-electron chi connectivity index (χ3n) is 4.82. The molecule has 0 saturated heterocycles. The molecule has 1 aliphatic rings. The first kappa shape index (κ1) is 13.4. The average Bonchev–Trinajstić information content (AvgIpc) is 2.32. The molecule has 0 aliphatic heterocycles. The highest BCUT2D eigenvalue weighted by molar-refractivity contribution is 5.51. The number of benzene rings is 1. The van der Waals surface area contributed by atoms with Crippen LogP contribution in [0.2, 0.25) is 0 Å². The van der Waals surface area contributed by atoms with Gasteiger partial charge in [0.25, 0.3) is 0 Å². The van der Waals surface area contributed by atoms with E-state index >= 15 is 0 Å². The van der Waals surface area contributed by atoms with Crippen LogP contribution in [0.4, 0.5) is 10.1 Å². The largest absolute Gasteiger partial charge is 0.396 e. The lowest BCUT2D eigenvalue weighted by Gasteiger charge is -2.46. The monoisotopic (exact) mass is 249 g/mol. The molecule has 1 aromatic carbocycles. The maximum Gasteiger partial charge on any atom is 0.150 e. The number of anilines is 1. The van der Waals surface area contributed by atoms with Crippen LogP contribution in [0.3, 0.4) is 0 Å². The summed E-state index contributed by atoms with van der Waals surface area (Å²) in [6.45, 7) is 8.82. The van der Waals surface area contributed by atoms with Gasteiger partial charge in [-0.1, -0.05) is 33.8 Å². The molecule has 0 radical (unpaired) electrons. The molecule has 0 atom stereocenters. The van der Waals surface area contributed by atoms with Crippen molar-refractivity contribution in [2.24, 2.45) is 11.8 Å². The number of hydrogen-bond acceptors (Lipinski definition) is 1. The standard InChI is InChI=1S/C16H24FN/c1-10(2)16(11(3)4)9-5-6-12-7-8-13(18)15(17)14(12)16/h7-8,10-11H,5-6,9,18H2,1-4H3. The first-order chi connectivity index (χ1) is 8.41. The van der Waals surface area contributed by atoms with E-state index in [1.54, 1.807) is 6.07 Å². The van der Waals surface area contributed by atoms with Gasteiger partial charge in [0.1, 0.15) is 5.82 Å². The van der Waals surface area contributed by atoms with Gasteiger partial charge in [-0.2, -0.15) is 0 Å². The Balaban J connectivity index is 2.72. The van der Waals surface area contributed by atoms with Crippen molar-refractivity contribution in [2.75, 3.05) is 5.73 Å². The van der Waals surface area contributed by atoms with E-state index in [0.29, 0.717) is 17.5 Å². The predicted octanol–water partition coefficient (Wildman–Crippen LogP) is 4.29. The van der Waals surface area contributed by atoms with Gasteiger partial charge in [-0.25, -0.2) is 4.39 Å². The molecule has 0 aromatic heterocycles. The van der Waals surface area contributed by atoms with Gasteiger partial charge in [-0.15, -0.1) is 0 Å². The summed E-state index contributed by atoms with van der Waals surface area (Å²) in [6.07, 6.45) is 3.19. The Morgan fingerprint density at radius 1 is 1.17 bits per heavy atom. The summed E-state index contributed by atoms with van der Waals surface area (Å²) in [4.78, 5) is 0. The smallest absolute Gasteiger partial charge is 0.150 e. The van der Waals surface area contributed by atoms with Crippen LogP contribution >= 0.6 is 0 Å². The van der Waals surface area contributed by atoms with E-state index in [1.807, 2.05) is 6.07 Å². The van der Waals surface area contributed by atoms with Gasteiger partial charge in [-0.05, 0) is 48.3 Å². The Morgan fingerprint density at radius 3 is 2.33 bits per heavy atom. The van der Waals surface area contributed by atoms with Crippen LogP contribution < -0.4 is 5.73 Å². The van der Waals surface area contributed by atoms with Gasteiger partial charge in [0, 0.05) is 5.41 Å². The van der Waals surface area contributed by atoms with Crippen molar-refractivity contribution in [3.05, 3.63) is 29.1 Å². The molecular formula is C16H24FN. The lowest BCUT2D eigenvalue weighted by atomic mass is 9.58. The fraction of sp³-hybridized carbons (Fsp3) is 0.625. The van der Waals surface area contributed by atoms with Crippen LogP contribution in [0.25, 0.3) is 0 Å². The molecule has 2 rings (SSSR count). The molecule has 0 heterocycles. The lowest BCUT2D eigenvalue weighted by molar-refractivity contribution is 0.179. The molecular weight excluding hydrogens is 225 g/mol. The second-order valence-corrected chi connectivity index (χ2v) is 6.21. The molecule has 0 spiro atoms. The Bertz CT molecular complexity index is 441. The SMILES string of the molecule is CC(C)C1(C(C)C)CCCc2ccc(N)c(F)c21. The van der Waals surface area contributed by atoms with E-state index in [-0.39, 0.29) is 11.2 Å². The molecule has 0 saturated carbocycles. The number of nitrogen functional groups attached to an aromatic ring is 1. The zero-order chi connectivity index (χ0) is 13.5. The summed E-state index contributed by atoms with van der Waals surface area (Å²) < 4.78 is 14.6. The zero-order valence-electron chi connectivity index (χ0n) is 11.9. The molecule has 0 fully saturated rings. The molecule has 18 heavy (non-hydrogen) atoms. The quantitative estimate of drug-likeness (QED) is 0.777. The maximum absolute atomic E-state index is 14.6. The van der Waals surface area contributed by atoms with Gasteiger partial charge < -0.3 is 5.73 Å². The zero-order valence-corrected chi connectivity index (χ0v) is 11.9. The Hall–Kier alpha value is -1.05. The Morgan fingerprint density at radius 2 is 1.78 bits per heavy atom. The molecule has 0 unspecified atom stereocenters. The minimum absolute atomic E-state index is 0.0625. The predicted molar refractivity (Wildman–Crippen MR) is 75.1 cm³/mol. The number of halogens is 1. The van der Waals surface area contributed by atoms with Crippen molar-refractivity contribution in [3.63, 3.8) is 0 Å². The van der Waals surface area contributed by atoms with Crippen molar-refractivity contribution in [1.82, 2.24) is 0 Å². The van der Waals surface area contributed by atoms with Crippen molar-refractivity contribution in [1.29, 1.82) is 0 Å². The van der Waals surface area contributed by atoms with E-state index in [0.717, 1.165) is 30.4 Å². The molecule has 1 aliphatic carbocycles. The van der Waals surface area contributed by atoms with Crippen molar-refractivity contribution in [3.8, 4) is 0 Å². The van der Waals surface area contributed by atoms with Crippen molar-refractivity contribution >= 4 is 5.69 Å². The summed E-state index contributed by atoms with van der Waals surface area (Å²) in [5.41, 5.74) is 8.08. The second-order valence-electron chi connectivity index (χ2n) is 6.21. The van der Waals surface area contributed by atoms with Gasteiger partial charge in [0.05, 0.1) is 5.69 Å². The number of rotatable bonds is 2. The minimum Gasteiger partial charge on any atom is -0.396 e. The van der Waals surface area contributed by atoms with E-state index < -0.39 is 0 Å². The highest BCUT2D eigenvalue weighted by atomic mass is 19.1. The summed E-state index contributed by atoms with van der Waals surface area (Å²) in [5.74, 6) is 0.676. The fourth-order valence-corrected chi connectivity index (χ4v) is 3.86. The molecule has 1 aromatic rings. The van der Waals surface area contributed by atoms with Crippen LogP contribution in [-0.2, 0) is 11.8 Å². The van der Waals surface area contributed by atoms with E-state index in [1.165, 1.54) is 0 Å². The molecule has 0 bridgehead atoms. The van der Waals surface area contributed by atoms with Crippen molar-refractivity contribution < 1.29 is 4.39 Å². The van der Waals surface area contributed by atoms with Gasteiger partial charge in [-0.3, -0.25) is 0 Å². The van der Waals surface area contributed by atoms with Crippen molar-refractivity contribution in [2.45, 2.75) is 52.4 Å². The molecule has 2 heteroatoms. The Labute approximate surface area is 110 Å². The highest BCUT2D eigenvalue weighted by Gasteiger charge is 2.44. The van der Waals surface area contributed by atoms with E-state index in [9.17, 15) is 4.39 Å². The third-order valence-corrected chi connectivity index (χ3v) is 4.82. The third kappa shape index (κ3) is 1.73. The first-order valence-corrected chi connectivity index (χ1v) is 6.98. The normalized spacial score (nSPS) is 18.2. The summed E-state index contributed by atoms with van der Waals surface area (Å²) in [6, 6.07) is 3.73. The number of fused-ring (bicyclic) bond motifs is 1. The highest BCUT2D eigenvalue weighted by Crippen LogP contribution is 2.49. The van der Waals surface area contributed by atoms with Gasteiger partial charge in [0.15, 0.2) is 0 Å². The minimum atomic E-state index is -0.172. The topological polar surface area (TPSA) is 26.0 Å². The molecule has 100 valence electrons. The summed E-state index contributed by atoms with van der Waals surface area (Å²) in [7, 11) is 0. The van der Waals surface area contributed by atoms with Crippen LogP contribution in [0.5, 0.6) is 0 Å². The van der Waals surface area contributed by atoms with Crippen LogP contribution in [0.1, 0.15) is 51.7 Å². The summed E-state index contributed by atoms with van der Waals surface area (Å²) in [5, 5.41) is 0. The molecule has 2 N–H and O–H groups in total. The summed E-state index contributed by atoms with van der Waals surface area (Å²) >= 11 is 0. The van der Waals surface area contributed by atoms with E-state index in [4.69, 9.17) is 5.73 Å². The van der Waals surface area contributed by atoms with E-state index in [2.05, 4.69) is 27.7 Å². The van der Waals surface area contributed by atoms with Crippen LogP contribution in [-0.4, -0.2) is 0 Å². The molecule has 1 nitrogen and oxygen atoms in total. The maximum atomic E-state index is 14.6.